The van der Waals surface area contributed by atoms with Gasteiger partial charge in [-0.25, -0.2) is 0 Å². The van der Waals surface area contributed by atoms with E-state index in [1.54, 1.807) is 7.11 Å². The van der Waals surface area contributed by atoms with Crippen molar-refractivity contribution < 1.29 is 4.74 Å². The highest BCUT2D eigenvalue weighted by molar-refractivity contribution is 5.41. The van der Waals surface area contributed by atoms with Crippen LogP contribution in [0.5, 0.6) is 5.75 Å². The molecule has 0 radical (unpaired) electrons. The number of nitrogens with two attached hydrogens (primary N) is 1. The predicted molar refractivity (Wildman–Crippen MR) is 87.4 cm³/mol. The van der Waals surface area contributed by atoms with Gasteiger partial charge in [0.25, 0.3) is 0 Å². The van der Waals surface area contributed by atoms with E-state index in [2.05, 4.69) is 56.5 Å². The molecule has 0 heterocycles. The summed E-state index contributed by atoms with van der Waals surface area (Å²) in [7, 11) is 1.70. The number of ether oxygens (including phenoxy) is 1. The molecule has 112 valence electrons. The maximum Gasteiger partial charge on any atom is 0.123 e. The second-order valence-electron chi connectivity index (χ2n) is 5.54. The number of methoxy groups -OCH3 is 1. The van der Waals surface area contributed by atoms with E-state index in [4.69, 9.17) is 10.6 Å². The van der Waals surface area contributed by atoms with Crippen molar-refractivity contribution >= 4 is 0 Å². The lowest BCUT2D eigenvalue weighted by molar-refractivity contribution is 0.398. The second-order valence-corrected chi connectivity index (χ2v) is 5.54. The van der Waals surface area contributed by atoms with Crippen LogP contribution < -0.4 is 16.0 Å². The van der Waals surface area contributed by atoms with Gasteiger partial charge in [0.2, 0.25) is 0 Å². The van der Waals surface area contributed by atoms with Gasteiger partial charge in [-0.15, -0.1) is 0 Å². The SMILES string of the molecule is COc1cc(C)ccc1C(Cc1c(C)cccc1C)NN. The van der Waals surface area contributed by atoms with Gasteiger partial charge in [-0.05, 0) is 55.5 Å². The molecule has 21 heavy (non-hydrogen) atoms. The summed E-state index contributed by atoms with van der Waals surface area (Å²) in [5.74, 6) is 6.69. The first-order valence-corrected chi connectivity index (χ1v) is 7.22. The molecule has 0 amide bonds. The van der Waals surface area contributed by atoms with Gasteiger partial charge < -0.3 is 4.74 Å². The third-order valence-electron chi connectivity index (χ3n) is 4.02. The third kappa shape index (κ3) is 3.43. The predicted octanol–water partition coefficient (Wildman–Crippen LogP) is 3.37. The summed E-state index contributed by atoms with van der Waals surface area (Å²) >= 11 is 0. The Balaban J connectivity index is 2.37. The Kier molecular flexibility index (Phi) is 4.99. The molecular formula is C18H24N2O. The first kappa shape index (κ1) is 15.5. The summed E-state index contributed by atoms with van der Waals surface area (Å²) in [6.45, 7) is 6.34. The average Bonchev–Trinajstić information content (AvgIpc) is 2.47. The molecule has 0 aliphatic rings. The topological polar surface area (TPSA) is 47.3 Å². The van der Waals surface area contributed by atoms with Crippen molar-refractivity contribution in [1.29, 1.82) is 0 Å². The molecule has 2 aromatic carbocycles. The smallest absolute Gasteiger partial charge is 0.123 e. The number of hydrogen-bond donors (Lipinski definition) is 2. The zero-order valence-electron chi connectivity index (χ0n) is 13.2. The summed E-state index contributed by atoms with van der Waals surface area (Å²) in [6.07, 6.45) is 0.842. The van der Waals surface area contributed by atoms with Crippen LogP contribution in [0.25, 0.3) is 0 Å². The fourth-order valence-electron chi connectivity index (χ4n) is 2.74. The highest BCUT2D eigenvalue weighted by atomic mass is 16.5. The Morgan fingerprint density at radius 2 is 1.76 bits per heavy atom. The molecule has 0 bridgehead atoms. The Hall–Kier alpha value is -1.84. The molecule has 3 heteroatoms. The van der Waals surface area contributed by atoms with Gasteiger partial charge in [0, 0.05) is 5.56 Å². The first-order valence-electron chi connectivity index (χ1n) is 7.22. The van der Waals surface area contributed by atoms with Crippen molar-refractivity contribution in [3.63, 3.8) is 0 Å². The van der Waals surface area contributed by atoms with E-state index >= 15 is 0 Å². The molecule has 1 atom stereocenters. The van der Waals surface area contributed by atoms with Crippen LogP contribution in [-0.2, 0) is 6.42 Å². The van der Waals surface area contributed by atoms with Crippen molar-refractivity contribution in [2.24, 2.45) is 5.84 Å². The normalized spacial score (nSPS) is 12.2. The van der Waals surface area contributed by atoms with Crippen LogP contribution in [0.4, 0.5) is 0 Å². The van der Waals surface area contributed by atoms with Gasteiger partial charge in [-0.2, -0.15) is 0 Å². The van der Waals surface area contributed by atoms with Crippen molar-refractivity contribution in [2.45, 2.75) is 33.2 Å². The van der Waals surface area contributed by atoms with Crippen LogP contribution in [0, 0.1) is 20.8 Å². The average molecular weight is 284 g/mol. The lowest BCUT2D eigenvalue weighted by atomic mass is 9.92. The third-order valence-corrected chi connectivity index (χ3v) is 4.02. The van der Waals surface area contributed by atoms with Gasteiger partial charge in [0.05, 0.1) is 13.2 Å². The summed E-state index contributed by atoms with van der Waals surface area (Å²) in [5.41, 5.74) is 9.13. The van der Waals surface area contributed by atoms with Crippen molar-refractivity contribution in [2.75, 3.05) is 7.11 Å². The van der Waals surface area contributed by atoms with Crippen LogP contribution >= 0.6 is 0 Å². The Morgan fingerprint density at radius 3 is 2.33 bits per heavy atom. The molecule has 2 aromatic rings. The maximum atomic E-state index is 5.81. The molecule has 0 spiro atoms. The molecule has 0 aromatic heterocycles. The summed E-state index contributed by atoms with van der Waals surface area (Å²) in [5, 5.41) is 0. The highest BCUT2D eigenvalue weighted by Crippen LogP contribution is 2.29. The Morgan fingerprint density at radius 1 is 1.10 bits per heavy atom. The zero-order chi connectivity index (χ0) is 15.4. The minimum atomic E-state index is 0.0281. The molecule has 0 saturated carbocycles. The molecule has 0 aliphatic heterocycles. The number of hydrazine groups is 1. The van der Waals surface area contributed by atoms with E-state index in [-0.39, 0.29) is 6.04 Å². The number of rotatable bonds is 5. The fraction of sp³-hybridized carbons (Fsp3) is 0.333. The lowest BCUT2D eigenvalue weighted by Gasteiger charge is -2.21. The molecule has 0 fully saturated rings. The van der Waals surface area contributed by atoms with E-state index in [0.717, 1.165) is 17.7 Å². The van der Waals surface area contributed by atoms with Gasteiger partial charge in [0.15, 0.2) is 0 Å². The molecule has 0 aliphatic carbocycles. The zero-order valence-corrected chi connectivity index (χ0v) is 13.2. The van der Waals surface area contributed by atoms with Crippen LogP contribution in [0.2, 0.25) is 0 Å². The van der Waals surface area contributed by atoms with E-state index in [1.807, 2.05) is 6.07 Å². The standard InChI is InChI=1S/C18H24N2O/c1-12-8-9-15(18(10-12)21-4)17(20-19)11-16-13(2)6-5-7-14(16)3/h5-10,17,20H,11,19H2,1-4H3. The van der Waals surface area contributed by atoms with Crippen LogP contribution in [0.1, 0.15) is 33.9 Å². The number of benzene rings is 2. The largest absolute Gasteiger partial charge is 0.496 e. The van der Waals surface area contributed by atoms with E-state index in [1.165, 1.54) is 22.3 Å². The summed E-state index contributed by atoms with van der Waals surface area (Å²) < 4.78 is 5.51. The number of hydrogen-bond acceptors (Lipinski definition) is 3. The maximum absolute atomic E-state index is 5.81. The summed E-state index contributed by atoms with van der Waals surface area (Å²) in [4.78, 5) is 0. The number of aryl methyl sites for hydroxylation is 3. The number of nitrogens with one attached hydrogen (secondary N) is 1. The first-order chi connectivity index (χ1) is 10.1. The van der Waals surface area contributed by atoms with Gasteiger partial charge >= 0.3 is 0 Å². The monoisotopic (exact) mass is 284 g/mol. The van der Waals surface area contributed by atoms with Gasteiger partial charge in [0.1, 0.15) is 5.75 Å². The van der Waals surface area contributed by atoms with Gasteiger partial charge in [-0.3, -0.25) is 11.3 Å². The van der Waals surface area contributed by atoms with Crippen LogP contribution in [-0.4, -0.2) is 7.11 Å². The molecule has 1 unspecified atom stereocenters. The quantitative estimate of drug-likeness (QED) is 0.653. The minimum Gasteiger partial charge on any atom is -0.496 e. The van der Waals surface area contributed by atoms with Crippen molar-refractivity contribution in [3.8, 4) is 5.75 Å². The fourth-order valence-corrected chi connectivity index (χ4v) is 2.74. The molecule has 3 nitrogen and oxygen atoms in total. The summed E-state index contributed by atoms with van der Waals surface area (Å²) in [6, 6.07) is 12.6. The highest BCUT2D eigenvalue weighted by Gasteiger charge is 2.17. The van der Waals surface area contributed by atoms with Gasteiger partial charge in [-0.1, -0.05) is 30.3 Å². The minimum absolute atomic E-state index is 0.0281. The van der Waals surface area contributed by atoms with Crippen molar-refractivity contribution in [3.05, 3.63) is 64.2 Å². The molecule has 2 rings (SSSR count). The van der Waals surface area contributed by atoms with Crippen LogP contribution in [0.3, 0.4) is 0 Å². The molecule has 3 N–H and O–H groups in total. The Labute approximate surface area is 127 Å². The Bertz CT molecular complexity index is 602. The molecular weight excluding hydrogens is 260 g/mol. The van der Waals surface area contributed by atoms with Crippen LogP contribution in [0.15, 0.2) is 36.4 Å². The van der Waals surface area contributed by atoms with Crippen molar-refractivity contribution in [1.82, 2.24) is 5.43 Å². The van der Waals surface area contributed by atoms with E-state index < -0.39 is 0 Å². The van der Waals surface area contributed by atoms with E-state index in [0.29, 0.717) is 0 Å². The lowest BCUT2D eigenvalue weighted by Crippen LogP contribution is -2.30. The van der Waals surface area contributed by atoms with E-state index in [9.17, 15) is 0 Å². The second kappa shape index (κ2) is 6.74. The molecule has 0 saturated heterocycles.